The van der Waals surface area contributed by atoms with Gasteiger partial charge in [-0.05, 0) is 12.1 Å². The Bertz CT molecular complexity index is 1470. The number of nitro benzene ring substituents is 1. The predicted octanol–water partition coefficient (Wildman–Crippen LogP) is 0.566. The average molecular weight is 551 g/mol. The SMILES string of the molecule is Nc1nc(OCc2ccc(C#CCNC(=O)C(F)(F)F)cc2[N+](=O)[O-])c2ncn([C@H]3CC(O)[C@@H](CO)O3)c2n1. The van der Waals surface area contributed by atoms with Gasteiger partial charge >= 0.3 is 12.1 Å². The van der Waals surface area contributed by atoms with Crippen molar-refractivity contribution in [3.63, 3.8) is 0 Å². The van der Waals surface area contributed by atoms with Crippen molar-refractivity contribution >= 4 is 28.7 Å². The van der Waals surface area contributed by atoms with Crippen molar-refractivity contribution in [2.45, 2.75) is 37.6 Å². The summed E-state index contributed by atoms with van der Waals surface area (Å²) in [6.07, 6.45) is -5.90. The fraction of sp³-hybridized carbons (Fsp3) is 0.364. The van der Waals surface area contributed by atoms with Gasteiger partial charge in [-0.25, -0.2) is 4.98 Å². The number of alkyl halides is 3. The second kappa shape index (κ2) is 11.1. The maximum absolute atomic E-state index is 12.2. The highest BCUT2D eigenvalue weighted by Gasteiger charge is 2.38. The number of hydrogen-bond acceptors (Lipinski definition) is 11. The number of nitrogens with one attached hydrogen (secondary N) is 1. The van der Waals surface area contributed by atoms with Crippen LogP contribution in [0.5, 0.6) is 5.88 Å². The van der Waals surface area contributed by atoms with E-state index in [2.05, 4.69) is 26.8 Å². The van der Waals surface area contributed by atoms with E-state index in [1.807, 2.05) is 0 Å². The van der Waals surface area contributed by atoms with Crippen molar-refractivity contribution in [3.8, 4) is 17.7 Å². The van der Waals surface area contributed by atoms with Gasteiger partial charge in [0.1, 0.15) is 18.9 Å². The summed E-state index contributed by atoms with van der Waals surface area (Å²) in [6.45, 7) is -1.33. The molecule has 17 heteroatoms. The van der Waals surface area contributed by atoms with Gasteiger partial charge < -0.3 is 30.7 Å². The number of aliphatic hydroxyl groups is 2. The highest BCUT2D eigenvalue weighted by Crippen LogP contribution is 2.33. The van der Waals surface area contributed by atoms with E-state index in [1.165, 1.54) is 23.0 Å². The molecule has 0 spiro atoms. The number of carbonyl (C=O) groups is 1. The maximum Gasteiger partial charge on any atom is 0.471 e. The first-order chi connectivity index (χ1) is 18.5. The smallest absolute Gasteiger partial charge is 0.471 e. The number of hydrogen-bond donors (Lipinski definition) is 4. The van der Waals surface area contributed by atoms with Gasteiger partial charge in [0, 0.05) is 18.1 Å². The summed E-state index contributed by atoms with van der Waals surface area (Å²) < 4.78 is 49.4. The number of nitrogens with zero attached hydrogens (tertiary/aromatic N) is 5. The third-order valence-electron chi connectivity index (χ3n) is 5.58. The lowest BCUT2D eigenvalue weighted by atomic mass is 10.1. The molecule has 0 bridgehead atoms. The number of nitrogen functional groups attached to an aromatic ring is 1. The zero-order valence-corrected chi connectivity index (χ0v) is 19.8. The standard InChI is InChI=1S/C22H20F3N7O7/c23-22(24,25)20(35)27-5-1-2-11-3-4-12(13(6-11)32(36)37)9-38-19-17-18(29-21(26)30-19)31(10-28-17)16-7-14(34)15(8-33)39-16/h3-4,6,10,14-16,33-34H,5,7-9H2,(H,27,35)(H2,26,29,30)/t14?,15-,16-/m1/s1. The average Bonchev–Trinajstić information content (AvgIpc) is 3.47. The van der Waals surface area contributed by atoms with Crippen molar-refractivity contribution in [1.29, 1.82) is 0 Å². The highest BCUT2D eigenvalue weighted by atomic mass is 19.4. The number of rotatable bonds is 7. The molecule has 1 fully saturated rings. The number of imidazole rings is 1. The normalized spacial score (nSPS) is 18.9. The van der Waals surface area contributed by atoms with Crippen LogP contribution in [0.15, 0.2) is 24.5 Å². The van der Waals surface area contributed by atoms with Crippen LogP contribution in [0.2, 0.25) is 0 Å². The quantitative estimate of drug-likeness (QED) is 0.182. The van der Waals surface area contributed by atoms with E-state index in [4.69, 9.17) is 15.2 Å². The molecule has 1 amide bonds. The van der Waals surface area contributed by atoms with Crippen molar-refractivity contribution in [2.75, 3.05) is 18.9 Å². The van der Waals surface area contributed by atoms with Gasteiger partial charge in [-0.2, -0.15) is 23.1 Å². The van der Waals surface area contributed by atoms with E-state index in [0.717, 1.165) is 6.07 Å². The second-order valence-electron chi connectivity index (χ2n) is 8.20. The van der Waals surface area contributed by atoms with Gasteiger partial charge in [0.15, 0.2) is 11.2 Å². The molecule has 206 valence electrons. The van der Waals surface area contributed by atoms with Crippen LogP contribution < -0.4 is 15.8 Å². The molecule has 0 radical (unpaired) electrons. The fourth-order valence-electron chi connectivity index (χ4n) is 3.72. The molecule has 1 aliphatic rings. The van der Waals surface area contributed by atoms with Crippen LogP contribution in [0.25, 0.3) is 11.2 Å². The summed E-state index contributed by atoms with van der Waals surface area (Å²) in [7, 11) is 0. The second-order valence-corrected chi connectivity index (χ2v) is 8.20. The molecular formula is C22H20F3N7O7. The van der Waals surface area contributed by atoms with Crippen LogP contribution in [-0.2, 0) is 16.1 Å². The van der Waals surface area contributed by atoms with Crippen molar-refractivity contribution in [2.24, 2.45) is 0 Å². The van der Waals surface area contributed by atoms with Crippen molar-refractivity contribution < 1.29 is 42.6 Å². The molecule has 2 aromatic heterocycles. The van der Waals surface area contributed by atoms with Gasteiger partial charge in [-0.15, -0.1) is 0 Å². The van der Waals surface area contributed by atoms with Crippen molar-refractivity contribution in [1.82, 2.24) is 24.8 Å². The molecule has 1 saturated heterocycles. The maximum atomic E-state index is 12.2. The van der Waals surface area contributed by atoms with Gasteiger partial charge in [0.05, 0.1) is 36.1 Å². The Kier molecular flexibility index (Phi) is 7.80. The predicted molar refractivity (Wildman–Crippen MR) is 125 cm³/mol. The Balaban J connectivity index is 1.51. The zero-order valence-electron chi connectivity index (χ0n) is 19.8. The number of aliphatic hydroxyl groups excluding tert-OH is 2. The number of halogens is 3. The summed E-state index contributed by atoms with van der Waals surface area (Å²) in [4.78, 5) is 34.1. The molecule has 39 heavy (non-hydrogen) atoms. The molecule has 3 atom stereocenters. The molecule has 14 nitrogen and oxygen atoms in total. The Morgan fingerprint density at radius 1 is 1.38 bits per heavy atom. The van der Waals surface area contributed by atoms with E-state index in [0.29, 0.717) is 0 Å². The number of aromatic nitrogens is 4. The first-order valence-electron chi connectivity index (χ1n) is 11.2. The zero-order chi connectivity index (χ0) is 28.3. The molecule has 1 aromatic carbocycles. The number of ether oxygens (including phenoxy) is 2. The van der Waals surface area contributed by atoms with Gasteiger partial charge in [0.2, 0.25) is 11.8 Å². The van der Waals surface area contributed by atoms with Gasteiger partial charge in [0.25, 0.3) is 5.69 Å². The highest BCUT2D eigenvalue weighted by molar-refractivity contribution is 5.81. The minimum Gasteiger partial charge on any atom is -0.471 e. The third-order valence-corrected chi connectivity index (χ3v) is 5.58. The van der Waals surface area contributed by atoms with Gasteiger partial charge in [-0.3, -0.25) is 19.5 Å². The molecule has 0 aliphatic carbocycles. The van der Waals surface area contributed by atoms with E-state index in [1.54, 1.807) is 5.32 Å². The summed E-state index contributed by atoms with van der Waals surface area (Å²) >= 11 is 0. The Labute approximate surface area is 216 Å². The third kappa shape index (κ3) is 6.14. The fourth-order valence-corrected chi connectivity index (χ4v) is 3.72. The monoisotopic (exact) mass is 551 g/mol. The van der Waals surface area contributed by atoms with E-state index in [-0.39, 0.29) is 59.4 Å². The molecule has 4 rings (SSSR count). The molecule has 1 unspecified atom stereocenters. The van der Waals surface area contributed by atoms with Crippen molar-refractivity contribution in [3.05, 3.63) is 45.8 Å². The van der Waals surface area contributed by atoms with Crippen LogP contribution in [0, 0.1) is 22.0 Å². The number of fused-ring (bicyclic) bond motifs is 1. The minimum absolute atomic E-state index is 0.0768. The lowest BCUT2D eigenvalue weighted by Gasteiger charge is -2.14. The van der Waals surface area contributed by atoms with Crippen LogP contribution in [0.4, 0.5) is 24.8 Å². The minimum atomic E-state index is -5.05. The summed E-state index contributed by atoms with van der Waals surface area (Å²) in [5.74, 6) is 2.33. The molecule has 1 aliphatic heterocycles. The molecule has 5 N–H and O–H groups in total. The number of nitrogens with two attached hydrogens (primary N) is 1. The largest absolute Gasteiger partial charge is 0.471 e. The molecular weight excluding hydrogens is 531 g/mol. The van der Waals surface area contributed by atoms with E-state index in [9.17, 15) is 38.3 Å². The summed E-state index contributed by atoms with van der Waals surface area (Å²) in [5, 5.41) is 32.5. The number of amides is 1. The summed E-state index contributed by atoms with van der Waals surface area (Å²) in [5.41, 5.74) is 6.06. The Hall–Kier alpha value is -4.53. The topological polar surface area (TPSA) is 201 Å². The lowest BCUT2D eigenvalue weighted by molar-refractivity contribution is -0.385. The summed E-state index contributed by atoms with van der Waals surface area (Å²) in [6, 6.07) is 3.85. The van der Waals surface area contributed by atoms with E-state index < -0.39 is 42.0 Å². The Morgan fingerprint density at radius 2 is 2.15 bits per heavy atom. The van der Waals surface area contributed by atoms with Crippen LogP contribution in [-0.4, -0.2) is 72.1 Å². The van der Waals surface area contributed by atoms with Crippen LogP contribution in [0.1, 0.15) is 23.8 Å². The number of nitro groups is 1. The first-order valence-corrected chi connectivity index (χ1v) is 11.2. The van der Waals surface area contributed by atoms with Crippen LogP contribution in [0.3, 0.4) is 0 Å². The van der Waals surface area contributed by atoms with Crippen LogP contribution >= 0.6 is 0 Å². The Morgan fingerprint density at radius 3 is 2.82 bits per heavy atom. The van der Waals surface area contributed by atoms with Gasteiger partial charge in [-0.1, -0.05) is 11.8 Å². The lowest BCUT2D eigenvalue weighted by Crippen LogP contribution is -2.36. The number of benzene rings is 1. The molecule has 3 aromatic rings. The van der Waals surface area contributed by atoms with E-state index >= 15 is 0 Å². The number of carbonyl (C=O) groups excluding carboxylic acids is 1. The molecule has 3 heterocycles. The molecule has 0 saturated carbocycles. The first kappa shape index (κ1) is 27.5. The number of anilines is 1.